The first-order valence-corrected chi connectivity index (χ1v) is 1.75. The Morgan fingerprint density at radius 2 is 2.57 bits per heavy atom. The van der Waals surface area contributed by atoms with Gasteiger partial charge in [0, 0.05) is 12.8 Å². The molecule has 0 aromatic carbocycles. The van der Waals surface area contributed by atoms with E-state index in [0.29, 0.717) is 0 Å². The molecule has 0 atom stereocenters. The van der Waals surface area contributed by atoms with Gasteiger partial charge < -0.3 is 0 Å². The van der Waals surface area contributed by atoms with Crippen LogP contribution in [0.25, 0.3) is 0 Å². The van der Waals surface area contributed by atoms with Crippen molar-refractivity contribution in [1.29, 1.82) is 0 Å². The molecule has 0 aliphatic heterocycles. The van der Waals surface area contributed by atoms with Crippen molar-refractivity contribution < 1.29 is 4.79 Å². The number of rotatable bonds is 1. The Hall–Kier alpha value is -1.08. The van der Waals surface area contributed by atoms with Gasteiger partial charge in [0.2, 0.25) is 5.91 Å². The quantitative estimate of drug-likeness (QED) is 0.361. The van der Waals surface area contributed by atoms with Crippen LogP contribution in [0.4, 0.5) is 0 Å². The van der Waals surface area contributed by atoms with Crippen LogP contribution >= 0.6 is 0 Å². The second-order valence-electron chi connectivity index (χ2n) is 0.938. The fourth-order valence-electron chi connectivity index (χ4n) is 0.118. The fraction of sp³-hybridized carbons (Fsp3) is 0.250. The molecule has 0 heterocycles. The summed E-state index contributed by atoms with van der Waals surface area (Å²) in [6.07, 6.45) is 0. The molecule has 0 unspecified atom stereocenters. The molecule has 38 valence electrons. The van der Waals surface area contributed by atoms with Crippen molar-refractivity contribution >= 4 is 11.8 Å². The minimum Gasteiger partial charge on any atom is -0.274 e. The molecule has 0 spiro atoms. The maximum atomic E-state index is 9.93. The zero-order chi connectivity index (χ0) is 5.70. The molecule has 0 fully saturated rings. The highest BCUT2D eigenvalue weighted by molar-refractivity contribution is 5.73. The van der Waals surface area contributed by atoms with E-state index in [4.69, 9.17) is 0 Å². The summed E-state index contributed by atoms with van der Waals surface area (Å²) in [5, 5.41) is 3.21. The van der Waals surface area contributed by atoms with Crippen molar-refractivity contribution in [3.8, 4) is 0 Å². The predicted octanol–water partition coefficient (Wildman–Crippen LogP) is -0.107. The number of carbonyl (C=O) groups is 1. The maximum absolute atomic E-state index is 9.93. The number of hydrogen-bond donors (Lipinski definition) is 1. The zero-order valence-electron chi connectivity index (χ0n) is 4.06. The van der Waals surface area contributed by atoms with Crippen LogP contribution in [-0.2, 0) is 4.79 Å². The van der Waals surface area contributed by atoms with Crippen molar-refractivity contribution in [3.05, 3.63) is 6.58 Å². The highest BCUT2D eigenvalue weighted by Crippen LogP contribution is 1.54. The molecule has 0 saturated heterocycles. The van der Waals surface area contributed by atoms with Gasteiger partial charge in [-0.05, 0) is 6.58 Å². The Morgan fingerprint density at radius 3 is 2.71 bits per heavy atom. The van der Waals surface area contributed by atoms with E-state index in [9.17, 15) is 4.79 Å². The summed E-state index contributed by atoms with van der Waals surface area (Å²) in [5.41, 5.74) is 2.11. The summed E-state index contributed by atoms with van der Waals surface area (Å²) < 4.78 is 0. The molecular weight excluding hydrogens is 92.1 g/mol. The lowest BCUT2D eigenvalue weighted by Crippen LogP contribution is -2.10. The largest absolute Gasteiger partial charge is 0.274 e. The van der Waals surface area contributed by atoms with Crippen LogP contribution in [0.3, 0.4) is 0 Å². The van der Waals surface area contributed by atoms with Crippen molar-refractivity contribution in [2.45, 2.75) is 6.92 Å². The van der Waals surface area contributed by atoms with Gasteiger partial charge in [0.05, 0.1) is 0 Å². The Bertz CT molecular complexity index is 113. The topological polar surface area (TPSA) is 41.5 Å². The van der Waals surface area contributed by atoms with Crippen molar-refractivity contribution in [2.75, 3.05) is 0 Å². The van der Waals surface area contributed by atoms with Gasteiger partial charge in [-0.3, -0.25) is 4.79 Å². The van der Waals surface area contributed by atoms with Crippen molar-refractivity contribution in [2.24, 2.45) is 5.10 Å². The van der Waals surface area contributed by atoms with E-state index in [1.54, 1.807) is 0 Å². The van der Waals surface area contributed by atoms with Crippen LogP contribution in [0.2, 0.25) is 0 Å². The first-order valence-electron chi connectivity index (χ1n) is 1.75. The minimum absolute atomic E-state index is 0.212. The number of nitrogens with zero attached hydrogens (tertiary/aromatic N) is 1. The van der Waals surface area contributed by atoms with Crippen LogP contribution in [0.5, 0.6) is 0 Å². The molecule has 0 rings (SSSR count). The fourth-order valence-corrected chi connectivity index (χ4v) is 0.118. The Labute approximate surface area is 41.7 Å². The summed E-state index contributed by atoms with van der Waals surface area (Å²) in [5.74, 6) is 1.93. The average Bonchev–Trinajstić information content (AvgIpc) is 1.61. The summed E-state index contributed by atoms with van der Waals surface area (Å²) in [7, 11) is 0. The highest BCUT2D eigenvalue weighted by Gasteiger charge is 1.78. The summed E-state index contributed by atoms with van der Waals surface area (Å²) >= 11 is 0. The van der Waals surface area contributed by atoms with Gasteiger partial charge in [0.25, 0.3) is 0 Å². The van der Waals surface area contributed by atoms with Crippen LogP contribution < -0.4 is 5.43 Å². The second kappa shape index (κ2) is 3.12. The normalized spacial score (nSPS) is 6.43. The van der Waals surface area contributed by atoms with Crippen LogP contribution in [-0.4, -0.2) is 11.8 Å². The third kappa shape index (κ3) is 4.92. The van der Waals surface area contributed by atoms with Gasteiger partial charge in [0.1, 0.15) is 0 Å². The van der Waals surface area contributed by atoms with Crippen molar-refractivity contribution in [3.63, 3.8) is 0 Å². The van der Waals surface area contributed by atoms with E-state index in [2.05, 4.69) is 23.0 Å². The molecule has 0 aromatic rings. The van der Waals surface area contributed by atoms with E-state index < -0.39 is 0 Å². The van der Waals surface area contributed by atoms with E-state index in [1.807, 2.05) is 0 Å². The third-order valence-electron chi connectivity index (χ3n) is 0.292. The van der Waals surface area contributed by atoms with Gasteiger partial charge in [0.15, 0.2) is 0 Å². The lowest BCUT2D eigenvalue weighted by atomic mass is 10.8. The first kappa shape index (κ1) is 5.92. The molecular formula is C4H6N2O. The minimum atomic E-state index is -0.212. The first-order chi connectivity index (χ1) is 3.27. The van der Waals surface area contributed by atoms with E-state index >= 15 is 0 Å². The lowest BCUT2D eigenvalue weighted by Gasteiger charge is -1.82. The molecule has 3 nitrogen and oxygen atoms in total. The van der Waals surface area contributed by atoms with E-state index in [-0.39, 0.29) is 5.91 Å². The summed E-state index contributed by atoms with van der Waals surface area (Å²) in [4.78, 5) is 9.93. The van der Waals surface area contributed by atoms with Crippen LogP contribution in [0, 0.1) is 0 Å². The SMILES string of the molecule is C=C=NNC(C)=O. The third-order valence-corrected chi connectivity index (χ3v) is 0.292. The Kier molecular flexibility index (Phi) is 2.64. The molecule has 3 heteroatoms. The summed E-state index contributed by atoms with van der Waals surface area (Å²) in [6.45, 7) is 4.49. The second-order valence-corrected chi connectivity index (χ2v) is 0.938. The lowest BCUT2D eigenvalue weighted by molar-refractivity contribution is -0.118. The van der Waals surface area contributed by atoms with Gasteiger partial charge in [-0.25, -0.2) is 5.43 Å². The van der Waals surface area contributed by atoms with Crippen LogP contribution in [0.15, 0.2) is 11.7 Å². The number of hydrogen-bond acceptors (Lipinski definition) is 2. The van der Waals surface area contributed by atoms with Gasteiger partial charge in [-0.1, -0.05) is 0 Å². The Balaban J connectivity index is 3.32. The molecule has 0 saturated carbocycles. The summed E-state index contributed by atoms with van der Waals surface area (Å²) in [6, 6.07) is 0. The standard InChI is InChI=1S/C4H6N2O/c1-3-5-6-4(2)7/h1H2,2H3,(H,6,7). The average molecular weight is 98.1 g/mol. The van der Waals surface area contributed by atoms with Crippen LogP contribution in [0.1, 0.15) is 6.92 Å². The molecule has 7 heavy (non-hydrogen) atoms. The van der Waals surface area contributed by atoms with E-state index in [0.717, 1.165) is 0 Å². The molecule has 1 amide bonds. The monoisotopic (exact) mass is 98.0 g/mol. The Morgan fingerprint density at radius 1 is 2.00 bits per heavy atom. The molecule has 0 aliphatic rings. The molecule has 1 N–H and O–H groups in total. The molecule has 0 aliphatic carbocycles. The molecule has 0 radical (unpaired) electrons. The smallest absolute Gasteiger partial charge is 0.237 e. The van der Waals surface area contributed by atoms with Crippen molar-refractivity contribution in [1.82, 2.24) is 5.43 Å². The molecule has 0 aromatic heterocycles. The zero-order valence-corrected chi connectivity index (χ0v) is 4.06. The van der Waals surface area contributed by atoms with Gasteiger partial charge in [-0.15, -0.1) is 5.10 Å². The number of hydrazone groups is 1. The van der Waals surface area contributed by atoms with Gasteiger partial charge in [-0.2, -0.15) is 0 Å². The predicted molar refractivity (Wildman–Crippen MR) is 26.9 cm³/mol. The highest BCUT2D eigenvalue weighted by atomic mass is 16.2. The maximum Gasteiger partial charge on any atom is 0.237 e. The van der Waals surface area contributed by atoms with Gasteiger partial charge >= 0.3 is 0 Å². The van der Waals surface area contributed by atoms with E-state index in [1.165, 1.54) is 6.92 Å². The molecule has 0 bridgehead atoms. The number of nitrogens with one attached hydrogen (secondary N) is 1. The number of carbonyl (C=O) groups excluding carboxylic acids is 1. The number of amides is 1.